The summed E-state index contributed by atoms with van der Waals surface area (Å²) in [5.41, 5.74) is 5.77. The molecule has 0 saturated heterocycles. The van der Waals surface area contributed by atoms with E-state index < -0.39 is 0 Å². The molecule has 0 aromatic heterocycles. The van der Waals surface area contributed by atoms with Crippen LogP contribution in [-0.2, 0) is 6.42 Å². The van der Waals surface area contributed by atoms with E-state index in [2.05, 4.69) is 22.6 Å². The van der Waals surface area contributed by atoms with E-state index in [4.69, 9.17) is 4.74 Å². The monoisotopic (exact) mass is 178 g/mol. The fraction of sp³-hybridized carbons (Fsp3) is 0.400. The molecule has 1 aliphatic rings. The highest BCUT2D eigenvalue weighted by atomic mass is 16.5. The standard InChI is InChI=1S/C10H14N2O/c1-11-12-6-5-8-7-9(13-2)3-4-10(8)12/h3-4,7,11H,5-6H2,1-2H3. The van der Waals surface area contributed by atoms with Gasteiger partial charge in [0.15, 0.2) is 0 Å². The van der Waals surface area contributed by atoms with Gasteiger partial charge in [0.25, 0.3) is 0 Å². The Bertz CT molecular complexity index is 312. The summed E-state index contributed by atoms with van der Waals surface area (Å²) in [6.45, 7) is 1.04. The van der Waals surface area contributed by atoms with Gasteiger partial charge in [-0.05, 0) is 30.2 Å². The second kappa shape index (κ2) is 3.26. The Morgan fingerprint density at radius 2 is 2.31 bits per heavy atom. The van der Waals surface area contributed by atoms with Crippen LogP contribution < -0.4 is 15.2 Å². The molecule has 13 heavy (non-hydrogen) atoms. The summed E-state index contributed by atoms with van der Waals surface area (Å²) in [4.78, 5) is 0. The van der Waals surface area contributed by atoms with Crippen LogP contribution in [0.5, 0.6) is 5.75 Å². The molecule has 0 bridgehead atoms. The summed E-state index contributed by atoms with van der Waals surface area (Å²) in [6.07, 6.45) is 1.09. The third-order valence-corrected chi connectivity index (χ3v) is 2.45. The van der Waals surface area contributed by atoms with Crippen molar-refractivity contribution in [3.05, 3.63) is 23.8 Å². The number of benzene rings is 1. The zero-order valence-electron chi connectivity index (χ0n) is 8.00. The number of nitrogens with one attached hydrogen (secondary N) is 1. The van der Waals surface area contributed by atoms with Gasteiger partial charge in [-0.2, -0.15) is 0 Å². The minimum Gasteiger partial charge on any atom is -0.497 e. The lowest BCUT2D eigenvalue weighted by atomic mass is 10.1. The molecule has 1 aliphatic heterocycles. The summed E-state index contributed by atoms with van der Waals surface area (Å²) in [5, 5.41) is 2.15. The molecule has 1 aromatic carbocycles. The number of ether oxygens (including phenoxy) is 1. The molecule has 0 fully saturated rings. The number of hydrazine groups is 1. The Labute approximate surface area is 78.3 Å². The Hall–Kier alpha value is -1.22. The quantitative estimate of drug-likeness (QED) is 0.736. The van der Waals surface area contributed by atoms with Crippen LogP contribution in [0.15, 0.2) is 18.2 Å². The van der Waals surface area contributed by atoms with Crippen molar-refractivity contribution in [2.75, 3.05) is 25.7 Å². The summed E-state index contributed by atoms with van der Waals surface area (Å²) >= 11 is 0. The highest BCUT2D eigenvalue weighted by Gasteiger charge is 2.17. The molecule has 1 aromatic rings. The summed E-state index contributed by atoms with van der Waals surface area (Å²) in [5.74, 6) is 0.941. The molecule has 0 unspecified atom stereocenters. The molecule has 3 heteroatoms. The Balaban J connectivity index is 2.34. The molecular formula is C10H14N2O. The normalized spacial score (nSPS) is 14.5. The lowest BCUT2D eigenvalue weighted by molar-refractivity contribution is 0.414. The van der Waals surface area contributed by atoms with Gasteiger partial charge in [0.05, 0.1) is 12.8 Å². The van der Waals surface area contributed by atoms with Crippen molar-refractivity contribution in [2.24, 2.45) is 0 Å². The maximum absolute atomic E-state index is 5.17. The molecule has 70 valence electrons. The SMILES string of the molecule is CNN1CCc2cc(OC)ccc21. The molecule has 0 atom stereocenters. The molecule has 0 spiro atoms. The minimum absolute atomic E-state index is 0.941. The first-order valence-electron chi connectivity index (χ1n) is 4.47. The lowest BCUT2D eigenvalue weighted by Crippen LogP contribution is -2.32. The average molecular weight is 178 g/mol. The van der Waals surface area contributed by atoms with Crippen molar-refractivity contribution < 1.29 is 4.74 Å². The molecule has 0 saturated carbocycles. The molecule has 0 aliphatic carbocycles. The maximum atomic E-state index is 5.17. The van der Waals surface area contributed by atoms with Gasteiger partial charge in [-0.1, -0.05) is 0 Å². The maximum Gasteiger partial charge on any atom is 0.119 e. The highest BCUT2D eigenvalue weighted by Crippen LogP contribution is 2.29. The van der Waals surface area contributed by atoms with E-state index in [1.54, 1.807) is 7.11 Å². The third kappa shape index (κ3) is 1.35. The first-order chi connectivity index (χ1) is 6.35. The van der Waals surface area contributed by atoms with Crippen LogP contribution in [0.4, 0.5) is 5.69 Å². The molecule has 1 heterocycles. The number of rotatable bonds is 2. The van der Waals surface area contributed by atoms with Gasteiger partial charge in [-0.15, -0.1) is 0 Å². The number of hydrogen-bond acceptors (Lipinski definition) is 3. The Kier molecular flexibility index (Phi) is 2.10. The number of nitrogens with zero attached hydrogens (tertiary/aromatic N) is 1. The van der Waals surface area contributed by atoms with Gasteiger partial charge >= 0.3 is 0 Å². The van der Waals surface area contributed by atoms with Crippen LogP contribution in [0.25, 0.3) is 0 Å². The van der Waals surface area contributed by atoms with E-state index >= 15 is 0 Å². The Morgan fingerprint density at radius 1 is 1.46 bits per heavy atom. The molecule has 0 radical (unpaired) electrons. The average Bonchev–Trinajstić information content (AvgIpc) is 2.59. The molecule has 3 nitrogen and oxygen atoms in total. The van der Waals surface area contributed by atoms with E-state index in [9.17, 15) is 0 Å². The first kappa shape index (κ1) is 8.38. The van der Waals surface area contributed by atoms with E-state index in [1.165, 1.54) is 11.3 Å². The van der Waals surface area contributed by atoms with E-state index in [0.717, 1.165) is 18.7 Å². The topological polar surface area (TPSA) is 24.5 Å². The van der Waals surface area contributed by atoms with Crippen molar-refractivity contribution >= 4 is 5.69 Å². The van der Waals surface area contributed by atoms with Gasteiger partial charge in [-0.3, -0.25) is 0 Å². The van der Waals surface area contributed by atoms with Crippen molar-refractivity contribution in [1.82, 2.24) is 5.43 Å². The second-order valence-corrected chi connectivity index (χ2v) is 3.12. The number of anilines is 1. The smallest absolute Gasteiger partial charge is 0.119 e. The van der Waals surface area contributed by atoms with Crippen molar-refractivity contribution in [3.8, 4) is 5.75 Å². The van der Waals surface area contributed by atoms with Crippen molar-refractivity contribution in [2.45, 2.75) is 6.42 Å². The molecular weight excluding hydrogens is 164 g/mol. The van der Waals surface area contributed by atoms with Crippen LogP contribution >= 0.6 is 0 Å². The van der Waals surface area contributed by atoms with E-state index in [-0.39, 0.29) is 0 Å². The molecule has 0 amide bonds. The van der Waals surface area contributed by atoms with Crippen LogP contribution in [0, 0.1) is 0 Å². The summed E-state index contributed by atoms with van der Waals surface area (Å²) in [6, 6.07) is 6.19. The Morgan fingerprint density at radius 3 is 3.00 bits per heavy atom. The van der Waals surface area contributed by atoms with Gasteiger partial charge < -0.3 is 9.75 Å². The minimum atomic E-state index is 0.941. The predicted octanol–water partition coefficient (Wildman–Crippen LogP) is 1.19. The zero-order valence-corrected chi connectivity index (χ0v) is 8.00. The number of methoxy groups -OCH3 is 1. The highest BCUT2D eigenvalue weighted by molar-refractivity contribution is 5.59. The molecule has 2 rings (SSSR count). The largest absolute Gasteiger partial charge is 0.497 e. The third-order valence-electron chi connectivity index (χ3n) is 2.45. The van der Waals surface area contributed by atoms with Crippen molar-refractivity contribution in [3.63, 3.8) is 0 Å². The van der Waals surface area contributed by atoms with Crippen molar-refractivity contribution in [1.29, 1.82) is 0 Å². The lowest BCUT2D eigenvalue weighted by Gasteiger charge is -2.17. The summed E-state index contributed by atoms with van der Waals surface area (Å²) < 4.78 is 5.17. The summed E-state index contributed by atoms with van der Waals surface area (Å²) in [7, 11) is 3.64. The van der Waals surface area contributed by atoms with Gasteiger partial charge in [0, 0.05) is 13.6 Å². The predicted molar refractivity (Wildman–Crippen MR) is 53.1 cm³/mol. The van der Waals surface area contributed by atoms with E-state index in [1.807, 2.05) is 13.1 Å². The van der Waals surface area contributed by atoms with Crippen LogP contribution in [0.2, 0.25) is 0 Å². The van der Waals surface area contributed by atoms with Crippen LogP contribution in [0.3, 0.4) is 0 Å². The fourth-order valence-electron chi connectivity index (χ4n) is 1.74. The van der Waals surface area contributed by atoms with Gasteiger partial charge in [0.1, 0.15) is 5.75 Å². The van der Waals surface area contributed by atoms with E-state index in [0.29, 0.717) is 0 Å². The number of fused-ring (bicyclic) bond motifs is 1. The van der Waals surface area contributed by atoms with Gasteiger partial charge in [0.2, 0.25) is 0 Å². The zero-order chi connectivity index (χ0) is 9.26. The van der Waals surface area contributed by atoms with Gasteiger partial charge in [-0.25, -0.2) is 5.43 Å². The number of hydrogen-bond donors (Lipinski definition) is 1. The van der Waals surface area contributed by atoms with Crippen LogP contribution in [-0.4, -0.2) is 20.7 Å². The fourth-order valence-corrected chi connectivity index (χ4v) is 1.74. The second-order valence-electron chi connectivity index (χ2n) is 3.12. The molecule has 1 N–H and O–H groups in total. The van der Waals surface area contributed by atoms with Crippen LogP contribution in [0.1, 0.15) is 5.56 Å². The first-order valence-corrected chi connectivity index (χ1v) is 4.47.